The zero-order chi connectivity index (χ0) is 14.2. The average Bonchev–Trinajstić information content (AvgIpc) is 2.91. The van der Waals surface area contributed by atoms with Gasteiger partial charge >= 0.3 is 0 Å². The Morgan fingerprint density at radius 3 is 2.65 bits per heavy atom. The summed E-state index contributed by atoms with van der Waals surface area (Å²) in [5.41, 5.74) is 2.09. The molecule has 0 saturated carbocycles. The van der Waals surface area contributed by atoms with Crippen LogP contribution >= 0.6 is 0 Å². The molecule has 3 rings (SSSR count). The fourth-order valence-corrected chi connectivity index (χ4v) is 2.47. The predicted molar refractivity (Wildman–Crippen MR) is 79.9 cm³/mol. The fraction of sp³-hybridized carbons (Fsp3) is 0.176. The molecule has 0 saturated heterocycles. The summed E-state index contributed by atoms with van der Waals surface area (Å²) in [5, 5.41) is 0.876. The number of benzene rings is 1. The van der Waals surface area contributed by atoms with E-state index < -0.39 is 5.41 Å². The van der Waals surface area contributed by atoms with Crippen LogP contribution in [0.3, 0.4) is 0 Å². The van der Waals surface area contributed by atoms with Gasteiger partial charge in [-0.3, -0.25) is 9.78 Å². The molecule has 0 aliphatic rings. The Hall–Kier alpha value is -2.42. The Morgan fingerprint density at radius 2 is 1.90 bits per heavy atom. The smallest absolute Gasteiger partial charge is 0.175 e. The van der Waals surface area contributed by atoms with Crippen molar-refractivity contribution in [3.05, 3.63) is 66.1 Å². The predicted octanol–water partition coefficient (Wildman–Crippen LogP) is 3.72. The van der Waals surface area contributed by atoms with E-state index in [-0.39, 0.29) is 5.78 Å². The third-order valence-corrected chi connectivity index (χ3v) is 3.79. The lowest BCUT2D eigenvalue weighted by atomic mass is 9.78. The molecular formula is C17H16N2O. The monoisotopic (exact) mass is 264 g/mol. The van der Waals surface area contributed by atoms with Gasteiger partial charge < -0.3 is 4.98 Å². The summed E-state index contributed by atoms with van der Waals surface area (Å²) in [6.45, 7) is 3.92. The molecule has 0 amide bonds. The highest BCUT2D eigenvalue weighted by atomic mass is 16.1. The van der Waals surface area contributed by atoms with E-state index in [0.29, 0.717) is 5.56 Å². The van der Waals surface area contributed by atoms with Crippen LogP contribution in [0.25, 0.3) is 10.9 Å². The summed E-state index contributed by atoms with van der Waals surface area (Å²) < 4.78 is 0. The molecule has 20 heavy (non-hydrogen) atoms. The molecule has 0 bridgehead atoms. The summed E-state index contributed by atoms with van der Waals surface area (Å²) in [5.74, 6) is 0.1000. The summed E-state index contributed by atoms with van der Waals surface area (Å²) in [6, 6.07) is 11.7. The molecule has 3 heteroatoms. The van der Waals surface area contributed by atoms with Gasteiger partial charge in [0.05, 0.1) is 5.41 Å². The molecule has 0 atom stereocenters. The van der Waals surface area contributed by atoms with Crippen LogP contribution < -0.4 is 0 Å². The van der Waals surface area contributed by atoms with Crippen LogP contribution in [0.2, 0.25) is 0 Å². The quantitative estimate of drug-likeness (QED) is 0.733. The van der Waals surface area contributed by atoms with Gasteiger partial charge in [-0.05, 0) is 25.5 Å². The maximum atomic E-state index is 12.9. The van der Waals surface area contributed by atoms with E-state index >= 15 is 0 Å². The van der Waals surface area contributed by atoms with Crippen LogP contribution in [0.5, 0.6) is 0 Å². The van der Waals surface area contributed by atoms with E-state index in [2.05, 4.69) is 9.97 Å². The van der Waals surface area contributed by atoms with Crippen LogP contribution in [0, 0.1) is 0 Å². The number of aromatic amines is 1. The molecule has 0 fully saturated rings. The highest BCUT2D eigenvalue weighted by Gasteiger charge is 2.31. The molecule has 0 aliphatic heterocycles. The number of Topliss-reactive ketones (excluding diaryl/α,β-unsaturated/α-hetero) is 1. The first-order valence-electron chi connectivity index (χ1n) is 6.62. The highest BCUT2D eigenvalue weighted by molar-refractivity contribution is 6.12. The maximum absolute atomic E-state index is 12.9. The molecule has 3 aromatic rings. The Kier molecular flexibility index (Phi) is 2.90. The Bertz CT molecular complexity index is 757. The zero-order valence-electron chi connectivity index (χ0n) is 11.6. The molecule has 2 aromatic heterocycles. The van der Waals surface area contributed by atoms with Crippen LogP contribution in [0.15, 0.2) is 55.0 Å². The lowest BCUT2D eigenvalue weighted by Crippen LogP contribution is -2.28. The number of hydrogen-bond acceptors (Lipinski definition) is 2. The van der Waals surface area contributed by atoms with Gasteiger partial charge in [-0.15, -0.1) is 0 Å². The van der Waals surface area contributed by atoms with Crippen LogP contribution in [-0.4, -0.2) is 15.8 Å². The normalized spacial score (nSPS) is 11.7. The highest BCUT2D eigenvalue weighted by Crippen LogP contribution is 2.30. The number of ketones is 1. The van der Waals surface area contributed by atoms with Crippen molar-refractivity contribution in [1.29, 1.82) is 0 Å². The lowest BCUT2D eigenvalue weighted by molar-refractivity contribution is 0.0910. The van der Waals surface area contributed by atoms with E-state index in [9.17, 15) is 4.79 Å². The van der Waals surface area contributed by atoms with Crippen molar-refractivity contribution in [3.8, 4) is 0 Å². The molecule has 0 aliphatic carbocycles. The number of fused-ring (bicyclic) bond motifs is 1. The Labute approximate surface area is 117 Å². The van der Waals surface area contributed by atoms with E-state index in [0.717, 1.165) is 16.5 Å². The Morgan fingerprint density at radius 1 is 1.15 bits per heavy atom. The molecular weight excluding hydrogens is 248 g/mol. The SMILES string of the molecule is CC(C)(C(=O)c1c[nH]c2ccncc12)c1ccccc1. The molecule has 2 heterocycles. The minimum absolute atomic E-state index is 0.1000. The number of pyridine rings is 1. The van der Waals surface area contributed by atoms with Gasteiger partial charge in [-0.25, -0.2) is 0 Å². The van der Waals surface area contributed by atoms with Crippen molar-refractivity contribution >= 4 is 16.7 Å². The number of nitrogens with zero attached hydrogens (tertiary/aromatic N) is 1. The molecule has 0 unspecified atom stereocenters. The van der Waals surface area contributed by atoms with Gasteiger partial charge in [-0.1, -0.05) is 30.3 Å². The summed E-state index contributed by atoms with van der Waals surface area (Å²) in [7, 11) is 0. The first-order chi connectivity index (χ1) is 9.60. The first kappa shape index (κ1) is 12.6. The second-order valence-electron chi connectivity index (χ2n) is 5.44. The minimum atomic E-state index is -0.563. The standard InChI is InChI=1S/C17H16N2O/c1-17(2,12-6-4-3-5-7-12)16(20)14-11-19-15-8-9-18-10-13(14)15/h3-11,19H,1-2H3. The van der Waals surface area contributed by atoms with E-state index in [4.69, 9.17) is 0 Å². The van der Waals surface area contributed by atoms with E-state index in [1.165, 1.54) is 0 Å². The summed E-state index contributed by atoms with van der Waals surface area (Å²) >= 11 is 0. The van der Waals surface area contributed by atoms with Gasteiger partial charge in [0.15, 0.2) is 5.78 Å². The number of carbonyl (C=O) groups is 1. The van der Waals surface area contributed by atoms with Gasteiger partial charge in [0, 0.05) is 35.1 Å². The van der Waals surface area contributed by atoms with Gasteiger partial charge in [0.2, 0.25) is 0 Å². The lowest BCUT2D eigenvalue weighted by Gasteiger charge is -2.23. The third-order valence-electron chi connectivity index (χ3n) is 3.79. The maximum Gasteiger partial charge on any atom is 0.175 e. The topological polar surface area (TPSA) is 45.8 Å². The van der Waals surface area contributed by atoms with Crippen molar-refractivity contribution in [2.45, 2.75) is 19.3 Å². The van der Waals surface area contributed by atoms with Gasteiger partial charge in [-0.2, -0.15) is 0 Å². The van der Waals surface area contributed by atoms with Gasteiger partial charge in [0.25, 0.3) is 0 Å². The number of aromatic nitrogens is 2. The molecule has 3 nitrogen and oxygen atoms in total. The number of hydrogen-bond donors (Lipinski definition) is 1. The van der Waals surface area contributed by atoms with E-state index in [1.807, 2.05) is 50.2 Å². The molecule has 1 aromatic carbocycles. The third kappa shape index (κ3) is 1.92. The molecule has 0 spiro atoms. The molecule has 100 valence electrons. The number of carbonyl (C=O) groups excluding carboxylic acids is 1. The van der Waals surface area contributed by atoms with Crippen molar-refractivity contribution < 1.29 is 4.79 Å². The van der Waals surface area contributed by atoms with Crippen molar-refractivity contribution in [2.24, 2.45) is 0 Å². The van der Waals surface area contributed by atoms with Crippen molar-refractivity contribution in [1.82, 2.24) is 9.97 Å². The largest absolute Gasteiger partial charge is 0.360 e. The summed E-state index contributed by atoms with van der Waals surface area (Å²) in [4.78, 5) is 20.1. The molecule has 0 radical (unpaired) electrons. The van der Waals surface area contributed by atoms with Crippen molar-refractivity contribution in [3.63, 3.8) is 0 Å². The number of H-pyrrole nitrogens is 1. The summed E-state index contributed by atoms with van der Waals surface area (Å²) in [6.07, 6.45) is 5.23. The van der Waals surface area contributed by atoms with E-state index in [1.54, 1.807) is 18.6 Å². The average molecular weight is 264 g/mol. The first-order valence-corrected chi connectivity index (χ1v) is 6.62. The fourth-order valence-electron chi connectivity index (χ4n) is 2.47. The second kappa shape index (κ2) is 4.60. The Balaban J connectivity index is 2.08. The molecule has 1 N–H and O–H groups in total. The van der Waals surface area contributed by atoms with Crippen LogP contribution in [0.4, 0.5) is 0 Å². The van der Waals surface area contributed by atoms with Gasteiger partial charge in [0.1, 0.15) is 0 Å². The minimum Gasteiger partial charge on any atom is -0.360 e. The van der Waals surface area contributed by atoms with Crippen LogP contribution in [-0.2, 0) is 5.41 Å². The van der Waals surface area contributed by atoms with Crippen molar-refractivity contribution in [2.75, 3.05) is 0 Å². The number of rotatable bonds is 3. The number of nitrogens with one attached hydrogen (secondary N) is 1. The second-order valence-corrected chi connectivity index (χ2v) is 5.44. The van der Waals surface area contributed by atoms with Crippen LogP contribution in [0.1, 0.15) is 29.8 Å². The zero-order valence-corrected chi connectivity index (χ0v) is 11.6.